The van der Waals surface area contributed by atoms with Gasteiger partial charge in [-0.1, -0.05) is 0 Å². The molecule has 0 radical (unpaired) electrons. The second-order valence-corrected chi connectivity index (χ2v) is 4.88. The van der Waals surface area contributed by atoms with Crippen LogP contribution in [-0.2, 0) is 0 Å². The quantitative estimate of drug-likeness (QED) is 0.862. The lowest BCUT2D eigenvalue weighted by molar-refractivity contribution is 0.205. The molecule has 1 fully saturated rings. The Bertz CT molecular complexity index is 365. The van der Waals surface area contributed by atoms with Gasteiger partial charge in [0.1, 0.15) is 6.33 Å². The van der Waals surface area contributed by atoms with Crippen molar-refractivity contribution in [3.63, 3.8) is 0 Å². The molecule has 1 aromatic rings. The predicted molar refractivity (Wildman–Crippen MR) is 68.9 cm³/mol. The van der Waals surface area contributed by atoms with Crippen molar-refractivity contribution in [3.8, 4) is 11.8 Å². The van der Waals surface area contributed by atoms with Crippen LogP contribution in [-0.4, -0.2) is 35.8 Å². The van der Waals surface area contributed by atoms with Gasteiger partial charge in [0.25, 0.3) is 0 Å². The van der Waals surface area contributed by atoms with E-state index in [1.54, 1.807) is 6.07 Å². The fourth-order valence-corrected chi connectivity index (χ4v) is 1.98. The highest BCUT2D eigenvalue weighted by molar-refractivity contribution is 5.18. The van der Waals surface area contributed by atoms with E-state index in [-0.39, 0.29) is 6.10 Å². The fraction of sp³-hybridized carbons (Fsp3) is 0.692. The summed E-state index contributed by atoms with van der Waals surface area (Å²) in [5, 5.41) is 3.37. The van der Waals surface area contributed by atoms with Gasteiger partial charge in [0.15, 0.2) is 0 Å². The Kier molecular flexibility index (Phi) is 4.75. The van der Waals surface area contributed by atoms with E-state index >= 15 is 0 Å². The lowest BCUT2D eigenvalue weighted by Gasteiger charge is -2.22. The van der Waals surface area contributed by atoms with E-state index in [1.165, 1.54) is 19.2 Å². The van der Waals surface area contributed by atoms with Crippen LogP contribution in [0.3, 0.4) is 0 Å². The number of rotatable bonds is 5. The Hall–Kier alpha value is -1.36. The van der Waals surface area contributed by atoms with Gasteiger partial charge in [0.05, 0.1) is 18.8 Å². The van der Waals surface area contributed by atoms with E-state index in [2.05, 4.69) is 15.3 Å². The van der Waals surface area contributed by atoms with E-state index in [4.69, 9.17) is 9.47 Å². The Balaban J connectivity index is 1.84. The molecule has 0 bridgehead atoms. The third kappa shape index (κ3) is 4.14. The van der Waals surface area contributed by atoms with Gasteiger partial charge in [-0.15, -0.1) is 0 Å². The highest BCUT2D eigenvalue weighted by Gasteiger charge is 2.14. The number of hydrogen-bond donors (Lipinski definition) is 1. The molecule has 100 valence electrons. The van der Waals surface area contributed by atoms with E-state index in [9.17, 15) is 0 Å². The first kappa shape index (κ1) is 13.1. The average molecular weight is 251 g/mol. The topological polar surface area (TPSA) is 56.3 Å². The predicted octanol–water partition coefficient (Wildman–Crippen LogP) is 1.64. The van der Waals surface area contributed by atoms with Crippen LogP contribution in [0.25, 0.3) is 0 Å². The van der Waals surface area contributed by atoms with Crippen molar-refractivity contribution in [2.24, 2.45) is 5.92 Å². The van der Waals surface area contributed by atoms with E-state index < -0.39 is 0 Å². The second-order valence-electron chi connectivity index (χ2n) is 4.88. The van der Waals surface area contributed by atoms with Crippen molar-refractivity contribution in [3.05, 3.63) is 12.4 Å². The molecule has 5 nitrogen and oxygen atoms in total. The van der Waals surface area contributed by atoms with E-state index in [1.807, 2.05) is 13.8 Å². The Morgan fingerprint density at radius 3 is 2.94 bits per heavy atom. The minimum absolute atomic E-state index is 0.107. The van der Waals surface area contributed by atoms with Gasteiger partial charge < -0.3 is 14.8 Å². The fourth-order valence-electron chi connectivity index (χ4n) is 1.98. The zero-order valence-electron chi connectivity index (χ0n) is 11.1. The summed E-state index contributed by atoms with van der Waals surface area (Å²) in [6.45, 7) is 6.79. The van der Waals surface area contributed by atoms with Crippen molar-refractivity contribution < 1.29 is 9.47 Å². The maximum Gasteiger partial charge on any atom is 0.220 e. The van der Waals surface area contributed by atoms with Crippen LogP contribution >= 0.6 is 0 Å². The molecule has 2 rings (SSSR count). The number of aromatic nitrogens is 2. The molecule has 0 spiro atoms. The van der Waals surface area contributed by atoms with Crippen LogP contribution in [0.5, 0.6) is 11.8 Å². The molecule has 5 heteroatoms. The van der Waals surface area contributed by atoms with Gasteiger partial charge in [-0.05, 0) is 33.2 Å². The number of piperidine rings is 1. The Morgan fingerprint density at radius 2 is 2.22 bits per heavy atom. The van der Waals surface area contributed by atoms with Crippen LogP contribution in [0.1, 0.15) is 26.7 Å². The third-order valence-electron chi connectivity index (χ3n) is 2.84. The minimum atomic E-state index is 0.107. The summed E-state index contributed by atoms with van der Waals surface area (Å²) in [4.78, 5) is 8.15. The maximum absolute atomic E-state index is 5.70. The van der Waals surface area contributed by atoms with Gasteiger partial charge in [0.2, 0.25) is 11.8 Å². The van der Waals surface area contributed by atoms with Gasteiger partial charge in [-0.25, -0.2) is 9.97 Å². The molecule has 0 aromatic carbocycles. The largest absolute Gasteiger partial charge is 0.477 e. The Morgan fingerprint density at radius 1 is 1.39 bits per heavy atom. The van der Waals surface area contributed by atoms with Crippen LogP contribution in [0, 0.1) is 5.92 Å². The lowest BCUT2D eigenvalue weighted by Crippen LogP contribution is -2.33. The first-order valence-corrected chi connectivity index (χ1v) is 6.56. The van der Waals surface area contributed by atoms with Gasteiger partial charge in [-0.3, -0.25) is 0 Å². The molecule has 0 saturated carbocycles. The summed E-state index contributed by atoms with van der Waals surface area (Å²) in [6.07, 6.45) is 4.02. The molecule has 1 aromatic heterocycles. The maximum atomic E-state index is 5.70. The summed E-state index contributed by atoms with van der Waals surface area (Å²) < 4.78 is 11.2. The summed E-state index contributed by atoms with van der Waals surface area (Å²) in [7, 11) is 0. The van der Waals surface area contributed by atoms with Crippen molar-refractivity contribution in [1.82, 2.24) is 15.3 Å². The summed E-state index contributed by atoms with van der Waals surface area (Å²) >= 11 is 0. The molecular formula is C13H21N3O2. The van der Waals surface area contributed by atoms with Crippen LogP contribution in [0.15, 0.2) is 12.4 Å². The average Bonchev–Trinajstić information content (AvgIpc) is 2.37. The normalized spacial score (nSPS) is 19.8. The molecular weight excluding hydrogens is 230 g/mol. The molecule has 1 unspecified atom stereocenters. The first-order chi connectivity index (χ1) is 8.74. The monoisotopic (exact) mass is 251 g/mol. The molecule has 1 aliphatic rings. The lowest BCUT2D eigenvalue weighted by atomic mass is 10.0. The van der Waals surface area contributed by atoms with Crippen molar-refractivity contribution >= 4 is 0 Å². The van der Waals surface area contributed by atoms with Gasteiger partial charge in [-0.2, -0.15) is 0 Å². The third-order valence-corrected chi connectivity index (χ3v) is 2.84. The molecule has 1 saturated heterocycles. The zero-order chi connectivity index (χ0) is 12.8. The number of ether oxygens (including phenoxy) is 2. The van der Waals surface area contributed by atoms with Gasteiger partial charge in [0, 0.05) is 12.5 Å². The number of hydrogen-bond acceptors (Lipinski definition) is 5. The first-order valence-electron chi connectivity index (χ1n) is 6.56. The molecule has 1 atom stereocenters. The standard InChI is InChI=1S/C13H21N3O2/c1-10(2)18-13-6-12(15-9-16-13)17-8-11-4-3-5-14-7-11/h6,9-11,14H,3-5,7-8H2,1-2H3. The van der Waals surface area contributed by atoms with Crippen LogP contribution in [0.4, 0.5) is 0 Å². The highest BCUT2D eigenvalue weighted by atomic mass is 16.5. The highest BCUT2D eigenvalue weighted by Crippen LogP contribution is 2.17. The van der Waals surface area contributed by atoms with Crippen LogP contribution in [0.2, 0.25) is 0 Å². The summed E-state index contributed by atoms with van der Waals surface area (Å²) in [6, 6.07) is 1.75. The van der Waals surface area contributed by atoms with Crippen molar-refractivity contribution in [2.75, 3.05) is 19.7 Å². The molecule has 18 heavy (non-hydrogen) atoms. The van der Waals surface area contributed by atoms with Crippen LogP contribution < -0.4 is 14.8 Å². The minimum Gasteiger partial charge on any atom is -0.477 e. The summed E-state index contributed by atoms with van der Waals surface area (Å²) in [5.41, 5.74) is 0. The Labute approximate surface area is 108 Å². The van der Waals surface area contributed by atoms with Crippen molar-refractivity contribution in [2.45, 2.75) is 32.8 Å². The van der Waals surface area contributed by atoms with E-state index in [0.717, 1.165) is 13.1 Å². The molecule has 2 heterocycles. The number of nitrogens with one attached hydrogen (secondary N) is 1. The van der Waals surface area contributed by atoms with E-state index in [0.29, 0.717) is 24.3 Å². The number of nitrogens with zero attached hydrogens (tertiary/aromatic N) is 2. The molecule has 1 N–H and O–H groups in total. The molecule has 0 aliphatic carbocycles. The second kappa shape index (κ2) is 6.54. The van der Waals surface area contributed by atoms with Gasteiger partial charge >= 0.3 is 0 Å². The molecule has 0 amide bonds. The summed E-state index contributed by atoms with van der Waals surface area (Å²) in [5.74, 6) is 1.73. The smallest absolute Gasteiger partial charge is 0.220 e. The zero-order valence-corrected chi connectivity index (χ0v) is 11.1. The SMILES string of the molecule is CC(C)Oc1cc(OCC2CCCNC2)ncn1. The van der Waals surface area contributed by atoms with Crippen molar-refractivity contribution in [1.29, 1.82) is 0 Å². The molecule has 1 aliphatic heterocycles.